The molecule has 2 rings (SSSR count). The van der Waals surface area contributed by atoms with Crippen molar-refractivity contribution in [2.24, 2.45) is 5.92 Å². The molecule has 0 radical (unpaired) electrons. The molecule has 1 fully saturated rings. The molecular weight excluding hydrogens is 372 g/mol. The largest absolute Gasteiger partial charge is 0.493 e. The van der Waals surface area contributed by atoms with Gasteiger partial charge in [0.2, 0.25) is 15.9 Å². The first-order valence-electron chi connectivity index (χ1n) is 8.85. The summed E-state index contributed by atoms with van der Waals surface area (Å²) in [4.78, 5) is 12.6. The Morgan fingerprint density at radius 1 is 1.26 bits per heavy atom. The summed E-state index contributed by atoms with van der Waals surface area (Å²) in [6.45, 7) is 2.80. The van der Waals surface area contributed by atoms with Crippen LogP contribution in [0.1, 0.15) is 19.8 Å². The highest BCUT2D eigenvalue weighted by molar-refractivity contribution is 7.89. The van der Waals surface area contributed by atoms with E-state index in [0.717, 1.165) is 0 Å². The molecule has 0 bridgehead atoms. The number of sulfonamides is 1. The number of carbonyl (C=O) groups excluding carboxylic acids is 1. The van der Waals surface area contributed by atoms with Crippen LogP contribution in [-0.4, -0.2) is 65.7 Å². The molecule has 8 nitrogen and oxygen atoms in total. The van der Waals surface area contributed by atoms with Crippen LogP contribution in [0.2, 0.25) is 0 Å². The van der Waals surface area contributed by atoms with Crippen LogP contribution in [-0.2, 0) is 19.6 Å². The number of amides is 1. The predicted molar refractivity (Wildman–Crippen MR) is 101 cm³/mol. The molecule has 1 aromatic carbocycles. The third kappa shape index (κ3) is 5.12. The second kappa shape index (κ2) is 9.38. The molecule has 2 atom stereocenters. The Hall–Kier alpha value is -1.84. The zero-order valence-corrected chi connectivity index (χ0v) is 17.0. The number of methoxy groups -OCH3 is 3. The van der Waals surface area contributed by atoms with E-state index in [2.05, 4.69) is 5.32 Å². The van der Waals surface area contributed by atoms with Gasteiger partial charge >= 0.3 is 0 Å². The molecule has 1 heterocycles. The summed E-state index contributed by atoms with van der Waals surface area (Å²) in [6, 6.07) is 4.37. The van der Waals surface area contributed by atoms with E-state index in [1.165, 1.54) is 30.7 Å². The first kappa shape index (κ1) is 21.5. The fourth-order valence-corrected chi connectivity index (χ4v) is 4.69. The van der Waals surface area contributed by atoms with Gasteiger partial charge < -0.3 is 19.5 Å². The highest BCUT2D eigenvalue weighted by Gasteiger charge is 2.34. The Bertz CT molecular complexity index is 752. The third-order valence-corrected chi connectivity index (χ3v) is 6.41. The number of benzene rings is 1. The molecule has 0 saturated carbocycles. The van der Waals surface area contributed by atoms with Gasteiger partial charge in [0.15, 0.2) is 11.5 Å². The molecule has 1 aliphatic rings. The summed E-state index contributed by atoms with van der Waals surface area (Å²) in [7, 11) is 0.784. The van der Waals surface area contributed by atoms with Crippen molar-refractivity contribution in [3.63, 3.8) is 0 Å². The minimum atomic E-state index is -3.73. The number of nitrogens with zero attached hydrogens (tertiary/aromatic N) is 1. The average Bonchev–Trinajstić information content (AvgIpc) is 2.67. The van der Waals surface area contributed by atoms with Gasteiger partial charge in [-0.3, -0.25) is 4.79 Å². The normalized spacial score (nSPS) is 19.3. The van der Waals surface area contributed by atoms with Gasteiger partial charge in [-0.05, 0) is 31.9 Å². The fourth-order valence-electron chi connectivity index (χ4n) is 3.15. The second-order valence-electron chi connectivity index (χ2n) is 6.58. The molecule has 27 heavy (non-hydrogen) atoms. The Kier molecular flexibility index (Phi) is 7.46. The van der Waals surface area contributed by atoms with E-state index in [4.69, 9.17) is 14.2 Å². The summed E-state index contributed by atoms with van der Waals surface area (Å²) in [6.07, 6.45) is 1.28. The van der Waals surface area contributed by atoms with Crippen molar-refractivity contribution in [2.75, 3.05) is 41.0 Å². The van der Waals surface area contributed by atoms with Crippen LogP contribution in [0, 0.1) is 5.92 Å². The molecule has 9 heteroatoms. The van der Waals surface area contributed by atoms with Crippen molar-refractivity contribution in [2.45, 2.75) is 30.7 Å². The van der Waals surface area contributed by atoms with Crippen LogP contribution in [0.3, 0.4) is 0 Å². The maximum Gasteiger partial charge on any atom is 0.243 e. The Morgan fingerprint density at radius 2 is 1.96 bits per heavy atom. The predicted octanol–water partition coefficient (Wildman–Crippen LogP) is 1.26. The molecule has 1 saturated heterocycles. The third-order valence-electron chi connectivity index (χ3n) is 4.55. The molecule has 0 unspecified atom stereocenters. The number of piperidine rings is 1. The summed E-state index contributed by atoms with van der Waals surface area (Å²) in [5, 5.41) is 2.87. The summed E-state index contributed by atoms with van der Waals surface area (Å²) in [5.41, 5.74) is 0. The standard InChI is InChI=1S/C18H28N2O6S/c1-13(12-24-2)19-18(21)14-6-5-9-20(11-14)27(22,23)15-7-8-16(25-3)17(10-15)26-4/h7-8,10,13-14H,5-6,9,11-12H2,1-4H3,(H,19,21)/t13-,14+/m0/s1. The fraction of sp³-hybridized carbons (Fsp3) is 0.611. The molecule has 1 amide bonds. The van der Waals surface area contributed by atoms with Gasteiger partial charge in [0.25, 0.3) is 0 Å². The quantitative estimate of drug-likeness (QED) is 0.706. The van der Waals surface area contributed by atoms with E-state index >= 15 is 0 Å². The smallest absolute Gasteiger partial charge is 0.243 e. The average molecular weight is 400 g/mol. The van der Waals surface area contributed by atoms with Crippen LogP contribution in [0.15, 0.2) is 23.1 Å². The van der Waals surface area contributed by atoms with Crippen LogP contribution < -0.4 is 14.8 Å². The SMILES string of the molecule is COC[C@H](C)NC(=O)[C@@H]1CCCN(S(=O)(=O)c2ccc(OC)c(OC)c2)C1. The van der Waals surface area contributed by atoms with Crippen molar-refractivity contribution in [1.82, 2.24) is 9.62 Å². The van der Waals surface area contributed by atoms with E-state index in [1.807, 2.05) is 6.92 Å². The summed E-state index contributed by atoms with van der Waals surface area (Å²) in [5.74, 6) is 0.275. The number of nitrogens with one attached hydrogen (secondary N) is 1. The van der Waals surface area contributed by atoms with Crippen LogP contribution in [0.5, 0.6) is 11.5 Å². The van der Waals surface area contributed by atoms with Gasteiger partial charge in [0.1, 0.15) is 0 Å². The van der Waals surface area contributed by atoms with Crippen molar-refractivity contribution in [1.29, 1.82) is 0 Å². The van der Waals surface area contributed by atoms with Crippen molar-refractivity contribution < 1.29 is 27.4 Å². The lowest BCUT2D eigenvalue weighted by atomic mass is 9.98. The molecule has 1 aliphatic heterocycles. The first-order chi connectivity index (χ1) is 12.8. The second-order valence-corrected chi connectivity index (χ2v) is 8.52. The van der Waals surface area contributed by atoms with Crippen LogP contribution in [0.4, 0.5) is 0 Å². The van der Waals surface area contributed by atoms with E-state index in [9.17, 15) is 13.2 Å². The van der Waals surface area contributed by atoms with Gasteiger partial charge in [0, 0.05) is 32.3 Å². The zero-order valence-electron chi connectivity index (χ0n) is 16.2. The molecule has 152 valence electrons. The van der Waals surface area contributed by atoms with Gasteiger partial charge in [0.05, 0.1) is 31.6 Å². The molecule has 1 aromatic rings. The van der Waals surface area contributed by atoms with Crippen molar-refractivity contribution in [3.8, 4) is 11.5 Å². The van der Waals surface area contributed by atoms with Gasteiger partial charge in [-0.15, -0.1) is 0 Å². The van der Waals surface area contributed by atoms with Crippen molar-refractivity contribution in [3.05, 3.63) is 18.2 Å². The van der Waals surface area contributed by atoms with E-state index in [0.29, 0.717) is 37.5 Å². The molecule has 1 N–H and O–H groups in total. The van der Waals surface area contributed by atoms with Gasteiger partial charge in [-0.2, -0.15) is 4.31 Å². The van der Waals surface area contributed by atoms with E-state index in [1.54, 1.807) is 13.2 Å². The Labute approximate surface area is 160 Å². The van der Waals surface area contributed by atoms with E-state index in [-0.39, 0.29) is 29.3 Å². The molecule has 0 aromatic heterocycles. The molecule has 0 aliphatic carbocycles. The number of hydrogen-bond donors (Lipinski definition) is 1. The Morgan fingerprint density at radius 3 is 2.59 bits per heavy atom. The Balaban J connectivity index is 2.15. The maximum atomic E-state index is 13.0. The van der Waals surface area contributed by atoms with Gasteiger partial charge in [-0.1, -0.05) is 0 Å². The molecular formula is C18H28N2O6S. The number of hydrogen-bond acceptors (Lipinski definition) is 6. The summed E-state index contributed by atoms with van der Waals surface area (Å²) < 4.78 is 42.8. The monoisotopic (exact) mass is 400 g/mol. The van der Waals surface area contributed by atoms with Crippen LogP contribution in [0.25, 0.3) is 0 Å². The topological polar surface area (TPSA) is 94.2 Å². The van der Waals surface area contributed by atoms with E-state index < -0.39 is 10.0 Å². The maximum absolute atomic E-state index is 13.0. The highest BCUT2D eigenvalue weighted by Crippen LogP contribution is 2.32. The lowest BCUT2D eigenvalue weighted by Crippen LogP contribution is -2.47. The number of carbonyl (C=O) groups is 1. The first-order valence-corrected chi connectivity index (χ1v) is 10.3. The minimum Gasteiger partial charge on any atom is -0.493 e. The lowest BCUT2D eigenvalue weighted by molar-refractivity contribution is -0.127. The molecule has 0 spiro atoms. The van der Waals surface area contributed by atoms with Gasteiger partial charge in [-0.25, -0.2) is 8.42 Å². The highest BCUT2D eigenvalue weighted by atomic mass is 32.2. The zero-order chi connectivity index (χ0) is 20.0. The number of rotatable bonds is 8. The van der Waals surface area contributed by atoms with Crippen LogP contribution >= 0.6 is 0 Å². The minimum absolute atomic E-state index is 0.119. The summed E-state index contributed by atoms with van der Waals surface area (Å²) >= 11 is 0. The lowest BCUT2D eigenvalue weighted by Gasteiger charge is -2.32. The number of ether oxygens (including phenoxy) is 3. The van der Waals surface area contributed by atoms with Crippen molar-refractivity contribution >= 4 is 15.9 Å².